The van der Waals surface area contributed by atoms with Gasteiger partial charge in [-0.25, -0.2) is 0 Å². The molecule has 0 aromatic heterocycles. The van der Waals surface area contributed by atoms with Gasteiger partial charge in [-0.15, -0.1) is 0 Å². The molecular weight excluding hydrogens is 1070 g/mol. The summed E-state index contributed by atoms with van der Waals surface area (Å²) in [6.07, 6.45) is 93.3. The summed E-state index contributed by atoms with van der Waals surface area (Å²) in [6.45, 7) is 4.65. The predicted octanol–water partition coefficient (Wildman–Crippen LogP) is 23.1. The largest absolute Gasteiger partial charge is 0.756 e. The van der Waals surface area contributed by atoms with E-state index in [4.69, 9.17) is 9.05 Å². The quantitative estimate of drug-likeness (QED) is 0.0272. The number of phosphoric ester groups is 1. The first-order valence-corrected chi connectivity index (χ1v) is 38.3. The highest BCUT2D eigenvalue weighted by molar-refractivity contribution is 7.45. The van der Waals surface area contributed by atoms with E-state index in [9.17, 15) is 19.4 Å². The van der Waals surface area contributed by atoms with E-state index in [0.29, 0.717) is 17.4 Å². The summed E-state index contributed by atoms with van der Waals surface area (Å²) < 4.78 is 23.5. The molecule has 0 radical (unpaired) electrons. The second-order valence-electron chi connectivity index (χ2n) is 26.3. The fourth-order valence-electron chi connectivity index (χ4n) is 10.9. The number of aliphatic hydroxyl groups is 1. The van der Waals surface area contributed by atoms with Gasteiger partial charge in [-0.3, -0.25) is 9.36 Å². The molecule has 0 fully saturated rings. The SMILES string of the molecule is CCCCCCC/C=C\C/C=C\C/C=C\CCCCCCCCCCCCCCCCCCCCCCC(=O)NC(COP(=O)([O-])OCC[N+](C)(C)C)C(O)/C=C/CC/C=C/CC/C=C/CCCCCCCCCCCCCCCCCCCC. The van der Waals surface area contributed by atoms with Crippen LogP contribution in [0.3, 0.4) is 0 Å². The van der Waals surface area contributed by atoms with Crippen molar-refractivity contribution >= 4 is 13.7 Å². The maximum atomic E-state index is 13.0. The second kappa shape index (κ2) is 66.4. The zero-order chi connectivity index (χ0) is 61.9. The van der Waals surface area contributed by atoms with Crippen LogP contribution in [0.5, 0.6) is 0 Å². The number of likely N-dealkylation sites (N-methyl/N-ethyl adjacent to an activating group) is 1. The van der Waals surface area contributed by atoms with E-state index in [1.807, 2.05) is 27.2 Å². The Kier molecular flexibility index (Phi) is 64.8. The van der Waals surface area contributed by atoms with E-state index in [-0.39, 0.29) is 12.5 Å². The molecule has 3 unspecified atom stereocenters. The fourth-order valence-corrected chi connectivity index (χ4v) is 11.6. The van der Waals surface area contributed by atoms with Gasteiger partial charge in [0.15, 0.2) is 0 Å². The number of carbonyl (C=O) groups excluding carboxylic acids is 1. The molecule has 0 saturated heterocycles. The van der Waals surface area contributed by atoms with E-state index >= 15 is 0 Å². The topological polar surface area (TPSA) is 108 Å². The number of aliphatic hydroxyl groups excluding tert-OH is 1. The molecule has 2 N–H and O–H groups in total. The molecule has 8 nitrogen and oxygen atoms in total. The Balaban J connectivity index is 4.07. The number of hydrogen-bond donors (Lipinski definition) is 2. The van der Waals surface area contributed by atoms with E-state index in [1.54, 1.807) is 6.08 Å². The van der Waals surface area contributed by atoms with Crippen LogP contribution in [0.15, 0.2) is 72.9 Å². The number of nitrogens with one attached hydrogen (secondary N) is 1. The molecule has 3 atom stereocenters. The molecule has 85 heavy (non-hydrogen) atoms. The van der Waals surface area contributed by atoms with Gasteiger partial charge in [-0.05, 0) is 83.5 Å². The predicted molar refractivity (Wildman–Crippen MR) is 371 cm³/mol. The zero-order valence-corrected chi connectivity index (χ0v) is 58.0. The minimum atomic E-state index is -4.62. The van der Waals surface area contributed by atoms with Crippen LogP contribution in [0.2, 0.25) is 0 Å². The summed E-state index contributed by atoms with van der Waals surface area (Å²) in [4.78, 5) is 25.6. The normalized spacial score (nSPS) is 14.0. The van der Waals surface area contributed by atoms with Gasteiger partial charge in [0.2, 0.25) is 5.91 Å². The number of quaternary nitrogens is 1. The lowest BCUT2D eigenvalue weighted by molar-refractivity contribution is -0.870. The van der Waals surface area contributed by atoms with E-state index in [1.165, 1.54) is 276 Å². The summed E-state index contributed by atoms with van der Waals surface area (Å²) in [5.41, 5.74) is 0. The maximum Gasteiger partial charge on any atom is 0.268 e. The fraction of sp³-hybridized carbons (Fsp3) is 0.829. The molecule has 0 spiro atoms. The van der Waals surface area contributed by atoms with Crippen molar-refractivity contribution in [3.05, 3.63) is 72.9 Å². The highest BCUT2D eigenvalue weighted by Crippen LogP contribution is 2.38. The number of nitrogens with zero attached hydrogens (tertiary/aromatic N) is 1. The van der Waals surface area contributed by atoms with Gasteiger partial charge >= 0.3 is 0 Å². The van der Waals surface area contributed by atoms with Crippen LogP contribution in [-0.4, -0.2) is 68.5 Å². The first-order valence-electron chi connectivity index (χ1n) is 36.8. The Hall–Kier alpha value is -2.06. The zero-order valence-electron chi connectivity index (χ0n) is 57.1. The molecule has 9 heteroatoms. The second-order valence-corrected chi connectivity index (χ2v) is 27.7. The molecular formula is C76H143N2O6P. The van der Waals surface area contributed by atoms with Crippen molar-refractivity contribution < 1.29 is 32.9 Å². The van der Waals surface area contributed by atoms with Crippen LogP contribution in [-0.2, 0) is 18.4 Å². The van der Waals surface area contributed by atoms with Crippen molar-refractivity contribution in [3.63, 3.8) is 0 Å². The van der Waals surface area contributed by atoms with Gasteiger partial charge in [-0.1, -0.05) is 337 Å². The highest BCUT2D eigenvalue weighted by Gasteiger charge is 2.23. The van der Waals surface area contributed by atoms with Gasteiger partial charge < -0.3 is 28.8 Å². The molecule has 0 aromatic carbocycles. The Labute approximate surface area is 529 Å². The minimum Gasteiger partial charge on any atom is -0.756 e. The first-order chi connectivity index (χ1) is 41.5. The molecule has 1 amide bonds. The molecule has 498 valence electrons. The van der Waals surface area contributed by atoms with Crippen LogP contribution in [0, 0.1) is 0 Å². The van der Waals surface area contributed by atoms with E-state index < -0.39 is 26.6 Å². The molecule has 0 aliphatic carbocycles. The first kappa shape index (κ1) is 82.9. The van der Waals surface area contributed by atoms with Gasteiger partial charge in [0.1, 0.15) is 13.2 Å². The third-order valence-corrected chi connectivity index (χ3v) is 17.6. The monoisotopic (exact) mass is 1210 g/mol. The molecule has 0 bridgehead atoms. The van der Waals surface area contributed by atoms with Gasteiger partial charge in [0, 0.05) is 6.42 Å². The third-order valence-electron chi connectivity index (χ3n) is 16.6. The van der Waals surface area contributed by atoms with Gasteiger partial charge in [-0.2, -0.15) is 0 Å². The summed E-state index contributed by atoms with van der Waals surface area (Å²) in [6, 6.07) is -0.913. The molecule has 0 rings (SSSR count). The summed E-state index contributed by atoms with van der Waals surface area (Å²) in [7, 11) is 1.24. The number of carbonyl (C=O) groups is 1. The average molecular weight is 1210 g/mol. The van der Waals surface area contributed by atoms with Crippen molar-refractivity contribution in [3.8, 4) is 0 Å². The lowest BCUT2D eigenvalue weighted by Crippen LogP contribution is -2.45. The number of rotatable bonds is 68. The van der Waals surface area contributed by atoms with Crippen LogP contribution in [0.25, 0.3) is 0 Å². The van der Waals surface area contributed by atoms with Gasteiger partial charge in [0.05, 0.1) is 39.9 Å². The Morgan fingerprint density at radius 2 is 0.694 bits per heavy atom. The van der Waals surface area contributed by atoms with Crippen LogP contribution in [0.1, 0.15) is 354 Å². The van der Waals surface area contributed by atoms with E-state index in [2.05, 4.69) is 79.9 Å². The highest BCUT2D eigenvalue weighted by atomic mass is 31.2. The molecule has 0 aliphatic heterocycles. The minimum absolute atomic E-state index is 0.00956. The Morgan fingerprint density at radius 1 is 0.412 bits per heavy atom. The molecule has 0 heterocycles. The lowest BCUT2D eigenvalue weighted by Gasteiger charge is -2.29. The maximum absolute atomic E-state index is 13.0. The van der Waals surface area contributed by atoms with Crippen molar-refractivity contribution in [2.75, 3.05) is 40.9 Å². The number of hydrogen-bond acceptors (Lipinski definition) is 6. The number of unbranched alkanes of at least 4 members (excludes halogenated alkanes) is 45. The molecule has 0 aromatic rings. The summed E-state index contributed by atoms with van der Waals surface area (Å²) in [5, 5.41) is 13.9. The van der Waals surface area contributed by atoms with Crippen molar-refractivity contribution in [1.82, 2.24) is 5.32 Å². The summed E-state index contributed by atoms with van der Waals surface area (Å²) in [5.74, 6) is -0.207. The molecule has 0 saturated carbocycles. The van der Waals surface area contributed by atoms with Crippen molar-refractivity contribution in [2.24, 2.45) is 0 Å². The third kappa shape index (κ3) is 69.3. The number of allylic oxidation sites excluding steroid dienone is 11. The Bertz CT molecular complexity index is 1620. The standard InChI is InChI=1S/C76H143N2O6P/c1-6-8-10-12-14-16-18-20-22-24-26-28-30-32-34-36-37-38-39-40-41-42-44-46-48-50-52-54-56-58-60-62-64-66-68-70-76(80)77-74(73-84-85(81,82)83-72-71-78(3,4)5)75(79)69-67-65-63-61-59-57-55-53-51-49-47-45-43-35-33-31-29-27-25-23-21-19-17-15-13-11-9-7-2/h18,20,24,26,30,32,51,53,59,61,67,69,74-75,79H,6-17,19,21-23,25,27-29,31,33-50,52,54-58,60,62-66,68,70-73H2,1-5H3,(H-,77,80,81,82)/b20-18-,26-24-,32-30-,53-51+,61-59+,69-67+. The number of amides is 1. The number of phosphoric acid groups is 1. The van der Waals surface area contributed by atoms with Crippen LogP contribution >= 0.6 is 7.82 Å². The van der Waals surface area contributed by atoms with E-state index in [0.717, 1.165) is 57.8 Å². The van der Waals surface area contributed by atoms with Crippen LogP contribution < -0.4 is 10.2 Å². The average Bonchev–Trinajstić information content (AvgIpc) is 3.48. The smallest absolute Gasteiger partial charge is 0.268 e. The van der Waals surface area contributed by atoms with Crippen molar-refractivity contribution in [1.29, 1.82) is 0 Å². The summed E-state index contributed by atoms with van der Waals surface area (Å²) >= 11 is 0. The lowest BCUT2D eigenvalue weighted by atomic mass is 10.0. The van der Waals surface area contributed by atoms with Crippen molar-refractivity contribution in [2.45, 2.75) is 366 Å². The Morgan fingerprint density at radius 3 is 1.04 bits per heavy atom. The molecule has 0 aliphatic rings. The van der Waals surface area contributed by atoms with Crippen LogP contribution in [0.4, 0.5) is 0 Å². The van der Waals surface area contributed by atoms with Gasteiger partial charge in [0.25, 0.3) is 7.82 Å².